The second kappa shape index (κ2) is 5.11. The predicted octanol–water partition coefficient (Wildman–Crippen LogP) is 2.49. The topological polar surface area (TPSA) is 50.4 Å². The lowest BCUT2D eigenvalue weighted by Crippen LogP contribution is -2.46. The molecule has 0 spiro atoms. The van der Waals surface area contributed by atoms with Crippen molar-refractivity contribution >= 4 is 5.96 Å². The average molecular weight is 271 g/mol. The van der Waals surface area contributed by atoms with E-state index in [0.29, 0.717) is 5.96 Å². The highest BCUT2D eigenvalue weighted by molar-refractivity contribution is 5.78. The Hall–Kier alpha value is -1.72. The zero-order chi connectivity index (χ0) is 14.0. The van der Waals surface area contributed by atoms with E-state index in [1.165, 1.54) is 12.1 Å². The fourth-order valence-electron chi connectivity index (χ4n) is 2.25. The summed E-state index contributed by atoms with van der Waals surface area (Å²) in [6, 6.07) is 5.73. The van der Waals surface area contributed by atoms with Crippen LogP contribution in [0.5, 0.6) is 0 Å². The van der Waals surface area contributed by atoms with Gasteiger partial charge in [0.2, 0.25) is 0 Å². The summed E-state index contributed by atoms with van der Waals surface area (Å²) in [5.41, 5.74) is 5.69. The molecule has 0 bridgehead atoms. The molecular weight excluding hydrogens is 255 g/mol. The van der Waals surface area contributed by atoms with E-state index in [-0.39, 0.29) is 12.0 Å². The van der Waals surface area contributed by atoms with Gasteiger partial charge in [-0.05, 0) is 30.4 Å². The summed E-state index contributed by atoms with van der Waals surface area (Å²) in [4.78, 5) is 3.79. The van der Waals surface area contributed by atoms with Crippen LogP contribution in [0, 0.1) is 0 Å². The number of nitrogens with zero attached hydrogens (tertiary/aromatic N) is 1. The first-order chi connectivity index (χ1) is 8.90. The van der Waals surface area contributed by atoms with Gasteiger partial charge >= 0.3 is 6.18 Å². The van der Waals surface area contributed by atoms with Crippen molar-refractivity contribution in [1.82, 2.24) is 5.32 Å². The third kappa shape index (κ3) is 3.19. The van der Waals surface area contributed by atoms with Gasteiger partial charge in [-0.2, -0.15) is 13.2 Å². The highest BCUT2D eigenvalue weighted by Crippen LogP contribution is 2.39. The zero-order valence-electron chi connectivity index (χ0n) is 10.5. The number of benzene rings is 1. The minimum absolute atomic E-state index is 0.157. The van der Waals surface area contributed by atoms with Gasteiger partial charge in [0.05, 0.1) is 5.56 Å². The maximum absolute atomic E-state index is 12.6. The van der Waals surface area contributed by atoms with Gasteiger partial charge in [0.15, 0.2) is 5.96 Å². The van der Waals surface area contributed by atoms with Crippen LogP contribution in [0.15, 0.2) is 29.3 Å². The second-order valence-electron chi connectivity index (χ2n) is 4.74. The van der Waals surface area contributed by atoms with Crippen LogP contribution in [0.4, 0.5) is 13.2 Å². The van der Waals surface area contributed by atoms with Crippen molar-refractivity contribution in [3.63, 3.8) is 0 Å². The number of nitrogens with two attached hydrogens (primary N) is 1. The molecular formula is C13H16F3N3. The minimum atomic E-state index is -4.28. The SMILES string of the molecule is CN=C(N)NC1CC(c2cccc(C(F)(F)F)c2)C1. The number of hydrogen-bond donors (Lipinski definition) is 2. The van der Waals surface area contributed by atoms with Gasteiger partial charge < -0.3 is 11.1 Å². The molecule has 1 aliphatic rings. The van der Waals surface area contributed by atoms with Gasteiger partial charge in [0.25, 0.3) is 0 Å². The number of hydrogen-bond acceptors (Lipinski definition) is 1. The molecule has 0 aromatic heterocycles. The molecule has 6 heteroatoms. The lowest BCUT2D eigenvalue weighted by atomic mass is 9.75. The number of rotatable bonds is 2. The summed E-state index contributed by atoms with van der Waals surface area (Å²) in [6.45, 7) is 0. The summed E-state index contributed by atoms with van der Waals surface area (Å²) in [5, 5.41) is 3.02. The summed E-state index contributed by atoms with van der Waals surface area (Å²) < 4.78 is 37.8. The van der Waals surface area contributed by atoms with Crippen molar-refractivity contribution in [1.29, 1.82) is 0 Å². The predicted molar refractivity (Wildman–Crippen MR) is 67.9 cm³/mol. The molecule has 1 aliphatic carbocycles. The minimum Gasteiger partial charge on any atom is -0.370 e. The van der Waals surface area contributed by atoms with Crippen molar-refractivity contribution in [3.8, 4) is 0 Å². The number of aliphatic imine (C=N–C) groups is 1. The molecule has 1 fully saturated rings. The Morgan fingerprint density at radius 1 is 1.37 bits per heavy atom. The molecule has 0 radical (unpaired) electrons. The standard InChI is InChI=1S/C13H16F3N3/c1-18-12(17)19-11-6-9(7-11)8-3-2-4-10(5-8)13(14,15)16/h2-5,9,11H,6-7H2,1H3,(H3,17,18,19). The van der Waals surface area contributed by atoms with Gasteiger partial charge in [-0.1, -0.05) is 18.2 Å². The normalized spacial score (nSPS) is 23.9. The second-order valence-corrected chi connectivity index (χ2v) is 4.74. The molecule has 3 nitrogen and oxygen atoms in total. The Kier molecular flexibility index (Phi) is 3.68. The van der Waals surface area contributed by atoms with E-state index >= 15 is 0 Å². The number of guanidine groups is 1. The van der Waals surface area contributed by atoms with Crippen LogP contribution in [0.25, 0.3) is 0 Å². The van der Waals surface area contributed by atoms with Crippen molar-refractivity contribution in [2.24, 2.45) is 10.7 Å². The molecule has 0 amide bonds. The summed E-state index contributed by atoms with van der Waals surface area (Å²) in [7, 11) is 1.59. The van der Waals surface area contributed by atoms with Crippen molar-refractivity contribution < 1.29 is 13.2 Å². The molecule has 0 aliphatic heterocycles. The summed E-state index contributed by atoms with van der Waals surface area (Å²) in [5.74, 6) is 0.525. The van der Waals surface area contributed by atoms with Crippen LogP contribution in [0.1, 0.15) is 29.9 Å². The van der Waals surface area contributed by atoms with Crippen LogP contribution < -0.4 is 11.1 Å². The molecule has 1 saturated carbocycles. The third-order valence-corrected chi connectivity index (χ3v) is 3.42. The Morgan fingerprint density at radius 2 is 2.05 bits per heavy atom. The van der Waals surface area contributed by atoms with Crippen molar-refractivity contribution in [3.05, 3.63) is 35.4 Å². The quantitative estimate of drug-likeness (QED) is 0.641. The maximum Gasteiger partial charge on any atom is 0.416 e. The van der Waals surface area contributed by atoms with Gasteiger partial charge in [-0.25, -0.2) is 0 Å². The van der Waals surface area contributed by atoms with E-state index in [2.05, 4.69) is 10.3 Å². The lowest BCUT2D eigenvalue weighted by Gasteiger charge is -2.36. The Labute approximate surface area is 109 Å². The largest absolute Gasteiger partial charge is 0.416 e. The first-order valence-corrected chi connectivity index (χ1v) is 6.06. The maximum atomic E-state index is 12.6. The summed E-state index contributed by atoms with van der Waals surface area (Å²) in [6.07, 6.45) is -2.73. The zero-order valence-corrected chi connectivity index (χ0v) is 10.5. The molecule has 0 heterocycles. The number of halogens is 3. The van der Waals surface area contributed by atoms with Crippen LogP contribution in [0.3, 0.4) is 0 Å². The van der Waals surface area contributed by atoms with Crippen LogP contribution in [-0.4, -0.2) is 19.0 Å². The lowest BCUT2D eigenvalue weighted by molar-refractivity contribution is -0.137. The molecule has 1 aromatic rings. The van der Waals surface area contributed by atoms with Crippen LogP contribution in [-0.2, 0) is 6.18 Å². The van der Waals surface area contributed by atoms with E-state index in [4.69, 9.17) is 5.73 Å². The number of nitrogens with one attached hydrogen (secondary N) is 1. The van der Waals surface area contributed by atoms with E-state index in [1.807, 2.05) is 0 Å². The Morgan fingerprint density at radius 3 is 2.63 bits per heavy atom. The Balaban J connectivity index is 1.99. The molecule has 3 N–H and O–H groups in total. The van der Waals surface area contributed by atoms with Crippen molar-refractivity contribution in [2.45, 2.75) is 31.0 Å². The molecule has 0 unspecified atom stereocenters. The average Bonchev–Trinajstić information content (AvgIpc) is 2.32. The Bertz CT molecular complexity index is 476. The number of alkyl halides is 3. The molecule has 1 aromatic carbocycles. The van der Waals surface area contributed by atoms with Gasteiger partial charge in [0.1, 0.15) is 0 Å². The molecule has 2 rings (SSSR count). The van der Waals surface area contributed by atoms with Crippen molar-refractivity contribution in [2.75, 3.05) is 7.05 Å². The molecule has 19 heavy (non-hydrogen) atoms. The molecule has 104 valence electrons. The van der Waals surface area contributed by atoms with Crippen LogP contribution in [0.2, 0.25) is 0 Å². The molecule has 0 atom stereocenters. The fraction of sp³-hybridized carbons (Fsp3) is 0.462. The van der Waals surface area contributed by atoms with E-state index in [0.717, 1.165) is 24.5 Å². The summed E-state index contributed by atoms with van der Waals surface area (Å²) >= 11 is 0. The highest BCUT2D eigenvalue weighted by Gasteiger charge is 2.34. The first kappa shape index (κ1) is 13.7. The molecule has 0 saturated heterocycles. The fourth-order valence-corrected chi connectivity index (χ4v) is 2.25. The van der Waals surface area contributed by atoms with E-state index in [9.17, 15) is 13.2 Å². The van der Waals surface area contributed by atoms with Gasteiger partial charge in [-0.3, -0.25) is 4.99 Å². The first-order valence-electron chi connectivity index (χ1n) is 6.06. The van der Waals surface area contributed by atoms with Gasteiger partial charge in [0, 0.05) is 13.1 Å². The monoisotopic (exact) mass is 271 g/mol. The van der Waals surface area contributed by atoms with Gasteiger partial charge in [-0.15, -0.1) is 0 Å². The van der Waals surface area contributed by atoms with Crippen LogP contribution >= 0.6 is 0 Å². The van der Waals surface area contributed by atoms with E-state index in [1.54, 1.807) is 13.1 Å². The third-order valence-electron chi connectivity index (χ3n) is 3.42. The highest BCUT2D eigenvalue weighted by atomic mass is 19.4. The smallest absolute Gasteiger partial charge is 0.370 e. The van der Waals surface area contributed by atoms with E-state index < -0.39 is 11.7 Å².